The molecule has 0 fully saturated rings. The number of rotatable bonds is 25. The number of anilines is 1. The number of hydrogen-bond acceptors (Lipinski definition) is 23. The van der Waals surface area contributed by atoms with Crippen LogP contribution < -0.4 is 29.6 Å². The molecular weight excluding hydrogens is 1860 g/mol. The predicted octanol–water partition coefficient (Wildman–Crippen LogP) is 17.4. The summed E-state index contributed by atoms with van der Waals surface area (Å²) < 4.78 is 324. The molecule has 1 aliphatic carbocycles. The molecule has 0 aromatic heterocycles. The highest BCUT2D eigenvalue weighted by Gasteiger charge is 2.49. The molecule has 0 spiro atoms. The van der Waals surface area contributed by atoms with E-state index in [1.54, 1.807) is 59.7 Å². The second kappa shape index (κ2) is 32.9. The van der Waals surface area contributed by atoms with Crippen molar-refractivity contribution in [3.05, 3.63) is 268 Å². The molecule has 2 aliphatic rings. The van der Waals surface area contributed by atoms with Gasteiger partial charge < -0.3 is 24.7 Å². The van der Waals surface area contributed by atoms with Gasteiger partial charge in [-0.05, 0) is 227 Å². The van der Waals surface area contributed by atoms with Crippen molar-refractivity contribution in [2.75, 3.05) is 4.90 Å². The first-order chi connectivity index (χ1) is 60.9. The van der Waals surface area contributed by atoms with Crippen LogP contribution in [0.2, 0.25) is 0 Å². The number of nitrogens with zero attached hydrogens (tertiary/aromatic N) is 1. The normalized spacial score (nSPS) is 13.6. The summed E-state index contributed by atoms with van der Waals surface area (Å²) in [6.45, 7) is 13.5. The van der Waals surface area contributed by atoms with Crippen molar-refractivity contribution in [1.29, 1.82) is 0 Å². The SMILES string of the molecule is Cc1cc(C(N)=O)ccc1-c1c(C)c2c(c(Oc3ccc(S(=O)(=O)O)cc3-c3ccc(S(=O)(=O)O)cc3)c1Oc1ccc(S(=O)(=O)O)cc1-c1ccc(S(=O)(=O)O)cc1)-c1c(Oc3ccc(S(=O)(=O)O)cc3-c3ccc(S(=O)(=O)O)cc3)cc3c4c(cc(Oc5ccc(S(=O)(=O)O)cc5-c5ccc(S(=O)(=O)O)cc5)c(c14)C2(C)C)C(=O)N(c1c(C(C)C)cccc1C(C)C)C3=O. The Balaban J connectivity index is 1.21. The van der Waals surface area contributed by atoms with Crippen LogP contribution in [0.15, 0.2) is 258 Å². The maximum absolute atomic E-state index is 17.1. The van der Waals surface area contributed by atoms with Gasteiger partial charge in [0.05, 0.1) is 56.0 Å². The molecule has 1 aliphatic heterocycles. The fourth-order valence-electron chi connectivity index (χ4n) is 16.5. The molecule has 0 saturated heterocycles. The van der Waals surface area contributed by atoms with E-state index < -0.39 is 201 Å². The molecule has 0 unspecified atom stereocenters. The van der Waals surface area contributed by atoms with Gasteiger partial charge in [0.2, 0.25) is 5.91 Å². The average Bonchev–Trinajstić information content (AvgIpc) is 0.669. The van der Waals surface area contributed by atoms with Crippen LogP contribution in [0.25, 0.3) is 77.5 Å². The number of nitrogens with two attached hydrogens (primary N) is 1. The number of primary amides is 1. The van der Waals surface area contributed by atoms with Crippen LogP contribution in [0, 0.1) is 13.8 Å². The topological polar surface area (TPSA) is 552 Å². The molecule has 131 heavy (non-hydrogen) atoms. The van der Waals surface area contributed by atoms with Crippen LogP contribution in [0.1, 0.15) is 118 Å². The maximum Gasteiger partial charge on any atom is 0.294 e. The van der Waals surface area contributed by atoms with E-state index in [0.29, 0.717) is 11.1 Å². The molecule has 15 rings (SSSR count). The molecule has 1 heterocycles. The van der Waals surface area contributed by atoms with Gasteiger partial charge in [0, 0.05) is 66.3 Å². The molecule has 13 aromatic rings. The molecule has 3 amide bonds. The minimum Gasteiger partial charge on any atom is -0.456 e. The van der Waals surface area contributed by atoms with E-state index in [2.05, 4.69) is 0 Å². The van der Waals surface area contributed by atoms with Crippen molar-refractivity contribution in [2.24, 2.45) is 5.73 Å². The predicted molar refractivity (Wildman–Crippen MR) is 477 cm³/mol. The summed E-state index contributed by atoms with van der Waals surface area (Å²) in [6.07, 6.45) is 0. The molecule has 676 valence electrons. The molecule has 0 atom stereocenters. The summed E-state index contributed by atoms with van der Waals surface area (Å²) in [4.78, 5) is 42.5. The zero-order valence-corrected chi connectivity index (χ0v) is 75.7. The quantitative estimate of drug-likeness (QED) is 0.0189. The lowest BCUT2D eigenvalue weighted by Gasteiger charge is -2.42. The standard InChI is InChI=1S/C90H72N2O31S8/c1-45(2)62-10-9-11-63(46(3)4)84(62)92-88(94)69-43-75(120-71-34-29-58(128(108,109)110)39-65(71)49-12-21-54(22-13-49)124(96,97)98)79-80-78(69)70(89(92)95)44-76(121-72-35-30-59(129(111,112)113)40-66(72)50-14-23-55(24-15-50)125(99,100)101)83(80)90(7,8)82-48(6)77(64-33-20-53(87(91)93)38-47(64)5)85(122-73-36-31-60(130(114,115)116)41-67(73)51-16-25-56(26-17-51)126(102,103)104)86(81(79)82)123-74-37-32-61(131(117,118)119)42-68(74)52-18-27-57(28-19-52)127(105,106)107/h9-46H,1-8H3,(H2,91,93)(H,96,97,98)(H,99,100,101)(H,102,103,104)(H,105,106,107)(H,108,109,110)(H,111,112,113)(H,114,115,116)(H,117,118,119). The lowest BCUT2D eigenvalue weighted by atomic mass is 9.64. The van der Waals surface area contributed by atoms with Crippen molar-refractivity contribution in [3.8, 4) is 113 Å². The van der Waals surface area contributed by atoms with Crippen molar-refractivity contribution in [1.82, 2.24) is 0 Å². The molecule has 0 radical (unpaired) electrons. The number of carbonyl (C=O) groups is 3. The van der Waals surface area contributed by atoms with E-state index in [1.165, 1.54) is 44.2 Å². The monoisotopic (exact) mass is 1930 g/mol. The van der Waals surface area contributed by atoms with Crippen LogP contribution in [0.3, 0.4) is 0 Å². The number of carbonyl (C=O) groups excluding carboxylic acids is 3. The molecule has 13 aromatic carbocycles. The number of imide groups is 1. The smallest absolute Gasteiger partial charge is 0.294 e. The van der Waals surface area contributed by atoms with Gasteiger partial charge in [0.1, 0.15) is 34.5 Å². The first kappa shape index (κ1) is 92.9. The average molecular weight is 1930 g/mol. The highest BCUT2D eigenvalue weighted by Crippen LogP contribution is 2.66. The summed E-state index contributed by atoms with van der Waals surface area (Å²) >= 11 is 0. The maximum atomic E-state index is 17.1. The third-order valence-electron chi connectivity index (χ3n) is 22.4. The van der Waals surface area contributed by atoms with Gasteiger partial charge in [-0.2, -0.15) is 67.3 Å². The van der Waals surface area contributed by atoms with E-state index in [4.69, 9.17) is 24.7 Å². The highest BCUT2D eigenvalue weighted by atomic mass is 32.2. The van der Waals surface area contributed by atoms with Gasteiger partial charge in [-0.3, -0.25) is 50.8 Å². The second-order valence-electron chi connectivity index (χ2n) is 31.8. The van der Waals surface area contributed by atoms with E-state index in [-0.39, 0.29) is 123 Å². The van der Waals surface area contributed by atoms with Crippen LogP contribution in [-0.4, -0.2) is 121 Å². The fourth-order valence-corrected chi connectivity index (χ4v) is 20.4. The summed E-state index contributed by atoms with van der Waals surface area (Å²) in [5.41, 5.74) is 1.84. The number of ether oxygens (including phenoxy) is 4. The fraction of sp³-hybridized carbons (Fsp3) is 0.122. The molecule has 0 bridgehead atoms. The number of para-hydroxylation sites is 1. The van der Waals surface area contributed by atoms with Gasteiger partial charge in [0.25, 0.3) is 92.8 Å². The van der Waals surface area contributed by atoms with Gasteiger partial charge in [-0.15, -0.1) is 0 Å². The Morgan fingerprint density at radius 2 is 0.634 bits per heavy atom. The number of aryl methyl sites for hydroxylation is 1. The minimum absolute atomic E-state index is 0.00264. The highest BCUT2D eigenvalue weighted by molar-refractivity contribution is 7.87. The Labute approximate surface area is 750 Å². The zero-order valence-electron chi connectivity index (χ0n) is 69.2. The summed E-state index contributed by atoms with van der Waals surface area (Å²) in [5, 5.41) is -0.503. The van der Waals surface area contributed by atoms with Gasteiger partial charge in [-0.1, -0.05) is 114 Å². The molecule has 33 nitrogen and oxygen atoms in total. The van der Waals surface area contributed by atoms with Gasteiger partial charge in [0.15, 0.2) is 11.5 Å². The van der Waals surface area contributed by atoms with Crippen LogP contribution in [0.4, 0.5) is 5.69 Å². The van der Waals surface area contributed by atoms with E-state index >= 15 is 9.59 Å². The van der Waals surface area contributed by atoms with Crippen molar-refractivity contribution >= 4 is 115 Å². The van der Waals surface area contributed by atoms with E-state index in [9.17, 15) is 109 Å². The molecule has 10 N–H and O–H groups in total. The van der Waals surface area contributed by atoms with Gasteiger partial charge >= 0.3 is 0 Å². The minimum atomic E-state index is -5.30. The van der Waals surface area contributed by atoms with E-state index in [0.717, 1.165) is 175 Å². The third kappa shape index (κ3) is 17.5. The zero-order chi connectivity index (χ0) is 95.3. The Morgan fingerprint density at radius 1 is 0.328 bits per heavy atom. The third-order valence-corrected chi connectivity index (χ3v) is 29.3. The summed E-state index contributed by atoms with van der Waals surface area (Å²) in [6, 6.07) is 39.5. The van der Waals surface area contributed by atoms with Crippen molar-refractivity contribution in [2.45, 2.75) is 112 Å². The van der Waals surface area contributed by atoms with E-state index in [1.807, 2.05) is 0 Å². The van der Waals surface area contributed by atoms with Crippen molar-refractivity contribution < 1.29 is 137 Å². The second-order valence-corrected chi connectivity index (χ2v) is 43.1. The summed E-state index contributed by atoms with van der Waals surface area (Å²) in [5.74, 6) is -7.94. The largest absolute Gasteiger partial charge is 0.456 e. The first-order valence-corrected chi connectivity index (χ1v) is 50.2. The lowest BCUT2D eigenvalue weighted by molar-refractivity contribution is 0.0890. The Hall–Kier alpha value is -12.8. The van der Waals surface area contributed by atoms with Crippen LogP contribution >= 0.6 is 0 Å². The van der Waals surface area contributed by atoms with Crippen molar-refractivity contribution in [3.63, 3.8) is 0 Å². The number of benzene rings is 13. The number of fused-ring (bicyclic) bond motifs is 2. The van der Waals surface area contributed by atoms with Crippen LogP contribution in [0.5, 0.6) is 46.0 Å². The molecule has 0 saturated carbocycles. The first-order valence-electron chi connectivity index (χ1n) is 38.7. The molecular formula is C90H72N2O31S8. The summed E-state index contributed by atoms with van der Waals surface area (Å²) in [7, 11) is -40.9. The number of amides is 3. The van der Waals surface area contributed by atoms with Crippen LogP contribution in [-0.2, 0) is 86.4 Å². The van der Waals surface area contributed by atoms with Gasteiger partial charge in [-0.25, -0.2) is 4.90 Å². The Bertz CT molecular complexity index is 8120. The molecule has 41 heteroatoms. The Kier molecular flexibility index (Phi) is 23.4. The Morgan fingerprint density at radius 3 is 0.947 bits per heavy atom. The lowest BCUT2D eigenvalue weighted by Crippen LogP contribution is -2.42. The number of hydrogen-bond donors (Lipinski definition) is 9.